The Morgan fingerprint density at radius 2 is 0.661 bits per heavy atom. The third-order valence-corrected chi connectivity index (χ3v) is 9.99. The Hall–Kier alpha value is -3.93. The molecule has 1 atom stereocenters. The summed E-state index contributed by atoms with van der Waals surface area (Å²) in [7, 11) is 0. The van der Waals surface area contributed by atoms with Gasteiger partial charge < -0.3 is 14.2 Å². The first-order chi connectivity index (χ1) is 30.5. The van der Waals surface area contributed by atoms with Crippen molar-refractivity contribution in [1.29, 1.82) is 0 Å². The predicted molar refractivity (Wildman–Crippen MR) is 265 cm³/mol. The lowest BCUT2D eigenvalue weighted by molar-refractivity contribution is -0.166. The van der Waals surface area contributed by atoms with Gasteiger partial charge in [0.1, 0.15) is 13.2 Å². The molecule has 0 aromatic heterocycles. The molecule has 0 aliphatic rings. The van der Waals surface area contributed by atoms with Crippen molar-refractivity contribution in [3.8, 4) is 0 Å². The Morgan fingerprint density at radius 3 is 1.10 bits per heavy atom. The predicted octanol–water partition coefficient (Wildman–Crippen LogP) is 16.4. The zero-order valence-electron chi connectivity index (χ0n) is 39.8. The second-order valence-corrected chi connectivity index (χ2v) is 16.0. The molecule has 0 bridgehead atoms. The monoisotopic (exact) mass is 859 g/mol. The standard InChI is InChI=1S/C56H90O6/c1-4-7-10-13-16-19-22-24-26-27-28-29-30-32-34-37-40-43-46-49-55(58)61-52-53(51-60-54(57)48-45-42-39-36-33-21-18-15-12-9-6-3)62-56(59)50-47-44-41-38-35-31-25-23-20-17-14-11-8-5-2/h7,10,14-19,23-26,28-29,32,34,40,43,53H,4-6,8-9,11-13,20-22,27,30-31,33,35-39,41-42,44-52H2,1-3H3/b10-7-,17-14-,18-15-,19-16-,25-23-,26-24-,29-28-,34-32-,43-40-. The van der Waals surface area contributed by atoms with Crippen molar-refractivity contribution >= 4 is 17.9 Å². The Balaban J connectivity index is 4.53. The van der Waals surface area contributed by atoms with Crippen LogP contribution in [-0.4, -0.2) is 37.2 Å². The molecule has 0 N–H and O–H groups in total. The Morgan fingerprint density at radius 1 is 0.339 bits per heavy atom. The summed E-state index contributed by atoms with van der Waals surface area (Å²) in [5.41, 5.74) is 0. The second kappa shape index (κ2) is 49.7. The molecular weight excluding hydrogens is 769 g/mol. The molecule has 0 saturated heterocycles. The summed E-state index contributed by atoms with van der Waals surface area (Å²) in [4.78, 5) is 37.9. The fourth-order valence-corrected chi connectivity index (χ4v) is 6.23. The van der Waals surface area contributed by atoms with Crippen molar-refractivity contribution in [3.63, 3.8) is 0 Å². The van der Waals surface area contributed by atoms with E-state index in [1.807, 2.05) is 12.2 Å². The number of hydrogen-bond donors (Lipinski definition) is 0. The van der Waals surface area contributed by atoms with Crippen molar-refractivity contribution in [1.82, 2.24) is 0 Å². The van der Waals surface area contributed by atoms with Gasteiger partial charge in [-0.15, -0.1) is 0 Å². The van der Waals surface area contributed by atoms with Gasteiger partial charge in [0.15, 0.2) is 6.10 Å². The number of esters is 3. The van der Waals surface area contributed by atoms with Crippen LogP contribution in [0.4, 0.5) is 0 Å². The van der Waals surface area contributed by atoms with Gasteiger partial charge in [0.2, 0.25) is 0 Å². The molecule has 6 nitrogen and oxygen atoms in total. The van der Waals surface area contributed by atoms with E-state index in [-0.39, 0.29) is 37.5 Å². The van der Waals surface area contributed by atoms with Gasteiger partial charge >= 0.3 is 17.9 Å². The van der Waals surface area contributed by atoms with Crippen LogP contribution >= 0.6 is 0 Å². The molecule has 0 radical (unpaired) electrons. The van der Waals surface area contributed by atoms with Crippen LogP contribution < -0.4 is 0 Å². The van der Waals surface area contributed by atoms with E-state index < -0.39 is 6.10 Å². The highest BCUT2D eigenvalue weighted by atomic mass is 16.6. The lowest BCUT2D eigenvalue weighted by Gasteiger charge is -2.18. The van der Waals surface area contributed by atoms with Gasteiger partial charge in [0, 0.05) is 19.3 Å². The summed E-state index contributed by atoms with van der Waals surface area (Å²) < 4.78 is 16.7. The number of hydrogen-bond acceptors (Lipinski definition) is 6. The van der Waals surface area contributed by atoms with E-state index in [1.165, 1.54) is 44.9 Å². The van der Waals surface area contributed by atoms with E-state index in [2.05, 4.69) is 118 Å². The first-order valence-electron chi connectivity index (χ1n) is 24.9. The molecule has 1 unspecified atom stereocenters. The van der Waals surface area contributed by atoms with Gasteiger partial charge in [-0.2, -0.15) is 0 Å². The summed E-state index contributed by atoms with van der Waals surface area (Å²) in [6.45, 7) is 6.34. The summed E-state index contributed by atoms with van der Waals surface area (Å²) in [6.07, 6.45) is 66.5. The quantitative estimate of drug-likeness (QED) is 0.0263. The smallest absolute Gasteiger partial charge is 0.306 e. The van der Waals surface area contributed by atoms with Gasteiger partial charge in [0.05, 0.1) is 0 Å². The van der Waals surface area contributed by atoms with Crippen molar-refractivity contribution in [3.05, 3.63) is 109 Å². The van der Waals surface area contributed by atoms with E-state index >= 15 is 0 Å². The number of unbranched alkanes of at least 4 members (excludes halogenated alkanes) is 14. The first-order valence-corrected chi connectivity index (χ1v) is 24.9. The number of carbonyl (C=O) groups is 3. The van der Waals surface area contributed by atoms with Crippen LogP contribution in [0.5, 0.6) is 0 Å². The van der Waals surface area contributed by atoms with Crippen LogP contribution in [0.15, 0.2) is 109 Å². The molecule has 62 heavy (non-hydrogen) atoms. The van der Waals surface area contributed by atoms with Crippen LogP contribution in [0, 0.1) is 0 Å². The maximum Gasteiger partial charge on any atom is 0.306 e. The molecule has 350 valence electrons. The minimum Gasteiger partial charge on any atom is -0.462 e. The molecule has 0 aliphatic heterocycles. The minimum absolute atomic E-state index is 0.114. The van der Waals surface area contributed by atoms with Crippen LogP contribution in [0.2, 0.25) is 0 Å². The average Bonchev–Trinajstić information content (AvgIpc) is 3.27. The summed E-state index contributed by atoms with van der Waals surface area (Å²) >= 11 is 0. The van der Waals surface area contributed by atoms with Crippen molar-refractivity contribution in [2.24, 2.45) is 0 Å². The lowest BCUT2D eigenvalue weighted by atomic mass is 10.1. The second-order valence-electron chi connectivity index (χ2n) is 16.0. The number of allylic oxidation sites excluding steroid dienone is 18. The van der Waals surface area contributed by atoms with E-state index in [0.29, 0.717) is 19.3 Å². The van der Waals surface area contributed by atoms with E-state index in [0.717, 1.165) is 116 Å². The SMILES string of the molecule is CC/C=C\C/C=C\C/C=C\C/C=C\C/C=C\C/C=C\CCC(=O)OCC(COC(=O)CCCCCCC/C=C\CCCC)OC(=O)CCCCCCC/C=C\C/C=C\CCCC. The summed E-state index contributed by atoms with van der Waals surface area (Å²) in [5.74, 6) is -1.03. The van der Waals surface area contributed by atoms with Gasteiger partial charge in [0.25, 0.3) is 0 Å². The maximum absolute atomic E-state index is 12.8. The average molecular weight is 859 g/mol. The van der Waals surface area contributed by atoms with Gasteiger partial charge in [-0.25, -0.2) is 0 Å². The Kier molecular flexibility index (Phi) is 46.6. The van der Waals surface area contributed by atoms with E-state index in [1.54, 1.807) is 0 Å². The summed E-state index contributed by atoms with van der Waals surface area (Å²) in [6, 6.07) is 0. The molecule has 0 amide bonds. The first kappa shape index (κ1) is 58.1. The molecule has 0 fully saturated rings. The molecule has 0 aliphatic carbocycles. The number of ether oxygens (including phenoxy) is 3. The van der Waals surface area contributed by atoms with Crippen molar-refractivity contribution in [2.75, 3.05) is 13.2 Å². The normalized spacial score (nSPS) is 13.0. The zero-order chi connectivity index (χ0) is 45.1. The van der Waals surface area contributed by atoms with Gasteiger partial charge in [-0.05, 0) is 103 Å². The maximum atomic E-state index is 12.8. The van der Waals surface area contributed by atoms with E-state index in [4.69, 9.17) is 14.2 Å². The Labute approximate surface area is 380 Å². The molecule has 0 heterocycles. The third-order valence-electron chi connectivity index (χ3n) is 9.99. The molecule has 0 spiro atoms. The molecule has 0 aromatic rings. The number of carbonyl (C=O) groups excluding carboxylic acids is 3. The Bertz CT molecular complexity index is 1310. The molecule has 0 rings (SSSR count). The fraction of sp³-hybridized carbons (Fsp3) is 0.625. The topological polar surface area (TPSA) is 78.9 Å². The van der Waals surface area contributed by atoms with Crippen molar-refractivity contribution < 1.29 is 28.6 Å². The highest BCUT2D eigenvalue weighted by molar-refractivity contribution is 5.71. The molecular formula is C56H90O6. The van der Waals surface area contributed by atoms with Gasteiger partial charge in [-0.1, -0.05) is 194 Å². The largest absolute Gasteiger partial charge is 0.462 e. The molecule has 6 heteroatoms. The van der Waals surface area contributed by atoms with Crippen LogP contribution in [0.3, 0.4) is 0 Å². The van der Waals surface area contributed by atoms with Gasteiger partial charge in [-0.3, -0.25) is 14.4 Å². The van der Waals surface area contributed by atoms with Crippen LogP contribution in [-0.2, 0) is 28.6 Å². The summed E-state index contributed by atoms with van der Waals surface area (Å²) in [5, 5.41) is 0. The number of rotatable bonds is 43. The minimum atomic E-state index is -0.820. The zero-order valence-corrected chi connectivity index (χ0v) is 39.8. The highest BCUT2D eigenvalue weighted by Crippen LogP contribution is 2.12. The molecule has 0 aromatic carbocycles. The lowest BCUT2D eigenvalue weighted by Crippen LogP contribution is -2.30. The highest BCUT2D eigenvalue weighted by Gasteiger charge is 2.19. The third kappa shape index (κ3) is 47.1. The van der Waals surface area contributed by atoms with Crippen LogP contribution in [0.25, 0.3) is 0 Å². The van der Waals surface area contributed by atoms with E-state index in [9.17, 15) is 14.4 Å². The fourth-order valence-electron chi connectivity index (χ4n) is 6.23. The van der Waals surface area contributed by atoms with Crippen molar-refractivity contribution in [2.45, 2.75) is 213 Å². The molecule has 0 saturated carbocycles. The van der Waals surface area contributed by atoms with Crippen LogP contribution in [0.1, 0.15) is 207 Å².